The van der Waals surface area contributed by atoms with E-state index in [0.717, 1.165) is 19.3 Å². The van der Waals surface area contributed by atoms with Crippen molar-refractivity contribution in [3.05, 3.63) is 59.7 Å². The van der Waals surface area contributed by atoms with Crippen LogP contribution < -0.4 is 21.1 Å². The van der Waals surface area contributed by atoms with E-state index in [-0.39, 0.29) is 11.0 Å². The summed E-state index contributed by atoms with van der Waals surface area (Å²) in [4.78, 5) is 23.8. The predicted octanol–water partition coefficient (Wildman–Crippen LogP) is 3.48. The van der Waals surface area contributed by atoms with Gasteiger partial charge in [-0.3, -0.25) is 14.9 Å². The normalized spacial score (nSPS) is 10.1. The highest BCUT2D eigenvalue weighted by Crippen LogP contribution is 2.18. The molecule has 0 saturated carbocycles. The molecule has 0 spiro atoms. The number of ether oxygens (including phenoxy) is 1. The number of para-hydroxylation sites is 1. The molecule has 0 unspecified atom stereocenters. The lowest BCUT2D eigenvalue weighted by Crippen LogP contribution is -2.34. The molecule has 2 rings (SSSR count). The topological polar surface area (TPSA) is 93.4 Å². The second kappa shape index (κ2) is 10.3. The van der Waals surface area contributed by atoms with Crippen molar-refractivity contribution in [1.29, 1.82) is 0 Å². The van der Waals surface area contributed by atoms with Gasteiger partial charge in [-0.15, -0.1) is 0 Å². The summed E-state index contributed by atoms with van der Waals surface area (Å²) in [7, 11) is 0. The van der Waals surface area contributed by atoms with Crippen LogP contribution in [0.2, 0.25) is 0 Å². The number of amides is 2. The Bertz CT molecular complexity index is 824. The van der Waals surface area contributed by atoms with Crippen molar-refractivity contribution in [2.24, 2.45) is 5.73 Å². The van der Waals surface area contributed by atoms with Gasteiger partial charge in [0.15, 0.2) is 5.11 Å². The van der Waals surface area contributed by atoms with E-state index in [0.29, 0.717) is 29.2 Å². The Hall–Kier alpha value is -2.93. The Morgan fingerprint density at radius 1 is 1.11 bits per heavy atom. The smallest absolute Gasteiger partial charge is 0.261 e. The molecule has 0 aliphatic carbocycles. The van der Waals surface area contributed by atoms with Crippen molar-refractivity contribution in [2.45, 2.75) is 26.2 Å². The van der Waals surface area contributed by atoms with E-state index in [1.54, 1.807) is 42.5 Å². The number of anilines is 1. The Morgan fingerprint density at radius 3 is 2.63 bits per heavy atom. The van der Waals surface area contributed by atoms with Gasteiger partial charge >= 0.3 is 0 Å². The zero-order valence-electron chi connectivity index (χ0n) is 15.2. The molecule has 27 heavy (non-hydrogen) atoms. The van der Waals surface area contributed by atoms with Gasteiger partial charge in [0.05, 0.1) is 12.2 Å². The predicted molar refractivity (Wildman–Crippen MR) is 110 cm³/mol. The van der Waals surface area contributed by atoms with Crippen molar-refractivity contribution in [3.63, 3.8) is 0 Å². The highest BCUT2D eigenvalue weighted by molar-refractivity contribution is 7.80. The van der Waals surface area contributed by atoms with Crippen LogP contribution >= 0.6 is 12.2 Å². The standard InChI is InChI=1S/C20H23N3O3S/c1-2-3-6-12-26-17-11-5-4-10-16(17)19(25)23-20(27)22-15-9-7-8-14(13-15)18(21)24/h4-5,7-11,13H,2-3,6,12H2,1H3,(H2,21,24)(H2,22,23,25,27). The highest BCUT2D eigenvalue weighted by atomic mass is 32.1. The highest BCUT2D eigenvalue weighted by Gasteiger charge is 2.14. The number of nitrogens with two attached hydrogens (primary N) is 1. The Morgan fingerprint density at radius 2 is 1.89 bits per heavy atom. The summed E-state index contributed by atoms with van der Waals surface area (Å²) >= 11 is 5.19. The first-order chi connectivity index (χ1) is 13.0. The molecule has 2 aromatic rings. The van der Waals surface area contributed by atoms with Crippen molar-refractivity contribution < 1.29 is 14.3 Å². The third-order valence-electron chi connectivity index (χ3n) is 3.77. The van der Waals surface area contributed by atoms with Gasteiger partial charge < -0.3 is 15.8 Å². The number of primary amides is 1. The van der Waals surface area contributed by atoms with Gasteiger partial charge in [-0.05, 0) is 49.0 Å². The molecule has 0 radical (unpaired) electrons. The molecule has 0 aliphatic rings. The summed E-state index contributed by atoms with van der Waals surface area (Å²) in [6.07, 6.45) is 3.11. The fraction of sp³-hybridized carbons (Fsp3) is 0.250. The van der Waals surface area contributed by atoms with E-state index in [1.807, 2.05) is 6.07 Å². The maximum Gasteiger partial charge on any atom is 0.261 e. The average molecular weight is 385 g/mol. The largest absolute Gasteiger partial charge is 0.493 e. The van der Waals surface area contributed by atoms with Gasteiger partial charge in [-0.25, -0.2) is 0 Å². The van der Waals surface area contributed by atoms with Crippen molar-refractivity contribution >= 4 is 34.8 Å². The summed E-state index contributed by atoms with van der Waals surface area (Å²) in [5.41, 5.74) is 6.57. The van der Waals surface area contributed by atoms with Gasteiger partial charge in [-0.1, -0.05) is 38.0 Å². The Balaban J connectivity index is 1.99. The molecular weight excluding hydrogens is 362 g/mol. The molecular formula is C20H23N3O3S. The summed E-state index contributed by atoms with van der Waals surface area (Å²) in [5.74, 6) is -0.392. The van der Waals surface area contributed by atoms with Crippen LogP contribution in [0.1, 0.15) is 46.9 Å². The van der Waals surface area contributed by atoms with Crippen LogP contribution in [0.5, 0.6) is 5.75 Å². The minimum Gasteiger partial charge on any atom is -0.493 e. The number of unbranched alkanes of at least 4 members (excludes halogenated alkanes) is 2. The quantitative estimate of drug-likeness (QED) is 0.478. The first-order valence-corrected chi connectivity index (χ1v) is 9.16. The fourth-order valence-electron chi connectivity index (χ4n) is 2.40. The lowest BCUT2D eigenvalue weighted by molar-refractivity contribution is 0.0971. The van der Waals surface area contributed by atoms with Gasteiger partial charge in [0.1, 0.15) is 5.75 Å². The minimum atomic E-state index is -0.539. The number of carbonyl (C=O) groups is 2. The summed E-state index contributed by atoms with van der Waals surface area (Å²) in [6.45, 7) is 2.68. The maximum absolute atomic E-state index is 12.5. The summed E-state index contributed by atoms with van der Waals surface area (Å²) < 4.78 is 5.73. The molecule has 0 aliphatic heterocycles. The van der Waals surface area contributed by atoms with E-state index in [4.69, 9.17) is 22.7 Å². The van der Waals surface area contributed by atoms with E-state index in [2.05, 4.69) is 17.6 Å². The monoisotopic (exact) mass is 385 g/mol. The van der Waals surface area contributed by atoms with Crippen molar-refractivity contribution in [3.8, 4) is 5.75 Å². The van der Waals surface area contributed by atoms with Crippen LogP contribution in [0.15, 0.2) is 48.5 Å². The Kier molecular flexibility index (Phi) is 7.76. The second-order valence-corrected chi connectivity index (χ2v) is 6.31. The molecule has 0 bridgehead atoms. The molecule has 142 valence electrons. The third kappa shape index (κ3) is 6.38. The lowest BCUT2D eigenvalue weighted by Gasteiger charge is -2.13. The molecule has 0 heterocycles. The van der Waals surface area contributed by atoms with Crippen molar-refractivity contribution in [2.75, 3.05) is 11.9 Å². The summed E-state index contributed by atoms with van der Waals surface area (Å²) in [5, 5.41) is 5.60. The van der Waals surface area contributed by atoms with Crippen molar-refractivity contribution in [1.82, 2.24) is 5.32 Å². The van der Waals surface area contributed by atoms with Crippen LogP contribution in [0.3, 0.4) is 0 Å². The number of thiocarbonyl (C=S) groups is 1. The fourth-order valence-corrected chi connectivity index (χ4v) is 2.61. The molecule has 0 aromatic heterocycles. The molecule has 6 nitrogen and oxygen atoms in total. The Labute approximate surface area is 164 Å². The molecule has 0 atom stereocenters. The van der Waals surface area contributed by atoms with Crippen LogP contribution in [0, 0.1) is 0 Å². The third-order valence-corrected chi connectivity index (χ3v) is 3.97. The van der Waals surface area contributed by atoms with E-state index >= 15 is 0 Å². The number of hydrogen-bond donors (Lipinski definition) is 3. The molecule has 0 fully saturated rings. The SMILES string of the molecule is CCCCCOc1ccccc1C(=O)NC(=S)Nc1cccc(C(N)=O)c1. The molecule has 7 heteroatoms. The molecule has 4 N–H and O–H groups in total. The zero-order chi connectivity index (χ0) is 19.6. The number of carbonyl (C=O) groups excluding carboxylic acids is 2. The van der Waals surface area contributed by atoms with Gasteiger partial charge in [0.2, 0.25) is 5.91 Å². The van der Waals surface area contributed by atoms with E-state index in [9.17, 15) is 9.59 Å². The first kappa shape index (κ1) is 20.4. The number of benzene rings is 2. The van der Waals surface area contributed by atoms with Crippen LogP contribution in [-0.2, 0) is 0 Å². The molecule has 2 amide bonds. The number of rotatable bonds is 8. The van der Waals surface area contributed by atoms with Crippen LogP contribution in [0.25, 0.3) is 0 Å². The second-order valence-electron chi connectivity index (χ2n) is 5.91. The number of nitrogens with one attached hydrogen (secondary N) is 2. The van der Waals surface area contributed by atoms with Gasteiger partial charge in [0, 0.05) is 11.3 Å². The lowest BCUT2D eigenvalue weighted by atomic mass is 10.2. The average Bonchev–Trinajstić information content (AvgIpc) is 2.65. The van der Waals surface area contributed by atoms with E-state index in [1.165, 1.54) is 0 Å². The first-order valence-electron chi connectivity index (χ1n) is 8.75. The maximum atomic E-state index is 12.5. The molecule has 2 aromatic carbocycles. The van der Waals surface area contributed by atoms with E-state index < -0.39 is 5.91 Å². The minimum absolute atomic E-state index is 0.113. The molecule has 0 saturated heterocycles. The van der Waals surface area contributed by atoms with Gasteiger partial charge in [-0.2, -0.15) is 0 Å². The summed E-state index contributed by atoms with van der Waals surface area (Å²) in [6, 6.07) is 13.6. The van der Waals surface area contributed by atoms with Crippen LogP contribution in [0.4, 0.5) is 5.69 Å². The zero-order valence-corrected chi connectivity index (χ0v) is 16.0. The van der Waals surface area contributed by atoms with Gasteiger partial charge in [0.25, 0.3) is 5.91 Å². The number of hydrogen-bond acceptors (Lipinski definition) is 4. The van der Waals surface area contributed by atoms with Crippen LogP contribution in [-0.4, -0.2) is 23.5 Å².